The van der Waals surface area contributed by atoms with Crippen LogP contribution in [-0.2, 0) is 17.8 Å². The van der Waals surface area contributed by atoms with Gasteiger partial charge in [0.05, 0.1) is 13.2 Å². The van der Waals surface area contributed by atoms with Gasteiger partial charge in [-0.05, 0) is 31.5 Å². The molecule has 0 radical (unpaired) electrons. The highest BCUT2D eigenvalue weighted by molar-refractivity contribution is 5.79. The van der Waals surface area contributed by atoms with Gasteiger partial charge in [-0.3, -0.25) is 4.99 Å². The Kier molecular flexibility index (Phi) is 9.15. The molecule has 0 aliphatic heterocycles. The molecule has 0 atom stereocenters. The third-order valence-corrected chi connectivity index (χ3v) is 4.16. The number of benzene rings is 2. The number of nitrogens with one attached hydrogen (secondary N) is 2. The first-order valence-corrected chi connectivity index (χ1v) is 9.54. The van der Waals surface area contributed by atoms with E-state index in [1.807, 2.05) is 37.3 Å². The highest BCUT2D eigenvalue weighted by atomic mass is 16.5. The molecule has 0 aromatic heterocycles. The first-order chi connectivity index (χ1) is 13.7. The molecule has 0 amide bonds. The van der Waals surface area contributed by atoms with Crippen molar-refractivity contribution in [3.63, 3.8) is 0 Å². The van der Waals surface area contributed by atoms with Gasteiger partial charge < -0.3 is 24.8 Å². The van der Waals surface area contributed by atoms with Crippen molar-refractivity contribution in [3.8, 4) is 11.5 Å². The van der Waals surface area contributed by atoms with Gasteiger partial charge in [-0.15, -0.1) is 0 Å². The van der Waals surface area contributed by atoms with E-state index in [4.69, 9.17) is 14.2 Å². The molecule has 6 heteroatoms. The molecule has 0 fully saturated rings. The Morgan fingerprint density at radius 3 is 2.32 bits per heavy atom. The Morgan fingerprint density at radius 2 is 1.64 bits per heavy atom. The third-order valence-electron chi connectivity index (χ3n) is 4.16. The summed E-state index contributed by atoms with van der Waals surface area (Å²) in [4.78, 5) is 4.31. The maximum absolute atomic E-state index is 5.85. The number of aryl methyl sites for hydroxylation is 1. The van der Waals surface area contributed by atoms with Crippen LogP contribution < -0.4 is 20.1 Å². The van der Waals surface area contributed by atoms with Crippen molar-refractivity contribution in [2.75, 3.05) is 34.0 Å². The monoisotopic (exact) mass is 385 g/mol. The number of rotatable bonds is 10. The molecule has 2 rings (SSSR count). The molecule has 152 valence electrons. The number of hydrogen-bond donors (Lipinski definition) is 2. The fourth-order valence-electron chi connectivity index (χ4n) is 2.70. The van der Waals surface area contributed by atoms with Crippen LogP contribution >= 0.6 is 0 Å². The first kappa shape index (κ1) is 21.6. The Balaban J connectivity index is 1.95. The molecule has 2 aromatic carbocycles. The average Bonchev–Trinajstić information content (AvgIpc) is 2.71. The zero-order valence-corrected chi connectivity index (χ0v) is 17.2. The summed E-state index contributed by atoms with van der Waals surface area (Å²) in [5.74, 6) is 2.47. The van der Waals surface area contributed by atoms with Crippen LogP contribution in [0.25, 0.3) is 0 Å². The minimum Gasteiger partial charge on any atom is -0.494 e. The Labute approximate surface area is 167 Å². The van der Waals surface area contributed by atoms with E-state index in [2.05, 4.69) is 34.7 Å². The van der Waals surface area contributed by atoms with Gasteiger partial charge in [-0.25, -0.2) is 0 Å². The maximum atomic E-state index is 5.85. The van der Waals surface area contributed by atoms with Crippen molar-refractivity contribution in [1.82, 2.24) is 10.6 Å². The lowest BCUT2D eigenvalue weighted by atomic mass is 10.1. The van der Waals surface area contributed by atoms with Gasteiger partial charge in [0, 0.05) is 38.4 Å². The molecular formula is C22H31N3O3. The molecule has 0 saturated carbocycles. The molecule has 0 bridgehead atoms. The summed E-state index contributed by atoms with van der Waals surface area (Å²) in [6.45, 7) is 6.99. The Hall–Kier alpha value is -2.73. The minimum absolute atomic E-state index is 0.522. The van der Waals surface area contributed by atoms with Crippen molar-refractivity contribution >= 4 is 5.96 Å². The second-order valence-corrected chi connectivity index (χ2v) is 6.27. The van der Waals surface area contributed by atoms with E-state index in [1.54, 1.807) is 14.2 Å². The molecular weight excluding hydrogens is 354 g/mol. The number of hydrogen-bond acceptors (Lipinski definition) is 4. The molecule has 6 nitrogen and oxygen atoms in total. The Morgan fingerprint density at radius 1 is 0.929 bits per heavy atom. The predicted molar refractivity (Wildman–Crippen MR) is 113 cm³/mol. The molecule has 0 spiro atoms. The number of nitrogens with zero attached hydrogens (tertiary/aromatic N) is 1. The molecule has 0 aliphatic rings. The van der Waals surface area contributed by atoms with Crippen molar-refractivity contribution in [2.24, 2.45) is 4.99 Å². The minimum atomic E-state index is 0.522. The van der Waals surface area contributed by atoms with Gasteiger partial charge >= 0.3 is 0 Å². The lowest BCUT2D eigenvalue weighted by molar-refractivity contribution is 0.145. The molecule has 0 saturated heterocycles. The molecule has 0 unspecified atom stereocenters. The van der Waals surface area contributed by atoms with Crippen LogP contribution in [0.15, 0.2) is 47.5 Å². The molecule has 28 heavy (non-hydrogen) atoms. The van der Waals surface area contributed by atoms with E-state index in [0.717, 1.165) is 34.1 Å². The predicted octanol–water partition coefficient (Wildman–Crippen LogP) is 3.28. The number of aliphatic imine (C=N–C) groups is 1. The van der Waals surface area contributed by atoms with Crippen LogP contribution in [0, 0.1) is 6.92 Å². The van der Waals surface area contributed by atoms with E-state index in [9.17, 15) is 0 Å². The number of methoxy groups -OCH3 is 1. The fraction of sp³-hybridized carbons (Fsp3) is 0.409. The zero-order chi connectivity index (χ0) is 20.2. The lowest BCUT2D eigenvalue weighted by Gasteiger charge is -2.16. The lowest BCUT2D eigenvalue weighted by Crippen LogP contribution is -2.36. The van der Waals surface area contributed by atoms with Crippen LogP contribution in [0.4, 0.5) is 0 Å². The maximum Gasteiger partial charge on any atom is 0.191 e. The summed E-state index contributed by atoms with van der Waals surface area (Å²) in [5.41, 5.74) is 3.32. The van der Waals surface area contributed by atoms with Crippen LogP contribution in [0.2, 0.25) is 0 Å². The van der Waals surface area contributed by atoms with Crippen LogP contribution in [0.5, 0.6) is 11.5 Å². The summed E-state index contributed by atoms with van der Waals surface area (Å²) in [6.07, 6.45) is 0. The van der Waals surface area contributed by atoms with Crippen LogP contribution in [0.1, 0.15) is 23.6 Å². The van der Waals surface area contributed by atoms with Crippen molar-refractivity contribution in [3.05, 3.63) is 59.2 Å². The quantitative estimate of drug-likeness (QED) is 0.373. The fourth-order valence-corrected chi connectivity index (χ4v) is 2.70. The number of ether oxygens (including phenoxy) is 3. The highest BCUT2D eigenvalue weighted by Gasteiger charge is 2.07. The number of guanidine groups is 1. The van der Waals surface area contributed by atoms with Crippen LogP contribution in [0.3, 0.4) is 0 Å². The summed E-state index contributed by atoms with van der Waals surface area (Å²) >= 11 is 0. The standard InChI is InChI=1S/C22H31N3O3/c1-5-27-20-9-7-6-8-18(20)15-24-22(23-3)25-16-19-11-10-17(2)14-21(19)28-13-12-26-4/h6-11,14H,5,12-13,15-16H2,1-4H3,(H2,23,24,25). The number of para-hydroxylation sites is 1. The van der Waals surface area contributed by atoms with Crippen LogP contribution in [-0.4, -0.2) is 39.9 Å². The summed E-state index contributed by atoms with van der Waals surface area (Å²) in [7, 11) is 3.43. The van der Waals surface area contributed by atoms with E-state index < -0.39 is 0 Å². The second-order valence-electron chi connectivity index (χ2n) is 6.27. The molecule has 0 heterocycles. The largest absolute Gasteiger partial charge is 0.494 e. The smallest absolute Gasteiger partial charge is 0.191 e. The van der Waals surface area contributed by atoms with Gasteiger partial charge in [0.1, 0.15) is 18.1 Å². The summed E-state index contributed by atoms with van der Waals surface area (Å²) < 4.78 is 16.6. The molecule has 2 aromatic rings. The summed E-state index contributed by atoms with van der Waals surface area (Å²) in [6, 6.07) is 14.2. The third kappa shape index (κ3) is 6.78. The zero-order valence-electron chi connectivity index (χ0n) is 17.2. The van der Waals surface area contributed by atoms with E-state index in [1.165, 1.54) is 0 Å². The molecule has 0 aliphatic carbocycles. The Bertz CT molecular complexity index is 762. The van der Waals surface area contributed by atoms with Gasteiger partial charge in [0.25, 0.3) is 0 Å². The van der Waals surface area contributed by atoms with E-state index in [0.29, 0.717) is 32.9 Å². The van der Waals surface area contributed by atoms with Gasteiger partial charge in [-0.2, -0.15) is 0 Å². The van der Waals surface area contributed by atoms with Gasteiger partial charge in [0.15, 0.2) is 5.96 Å². The average molecular weight is 386 g/mol. The highest BCUT2D eigenvalue weighted by Crippen LogP contribution is 2.20. The summed E-state index contributed by atoms with van der Waals surface area (Å²) in [5, 5.41) is 6.68. The van der Waals surface area contributed by atoms with E-state index in [-0.39, 0.29) is 0 Å². The topological polar surface area (TPSA) is 64.1 Å². The second kappa shape index (κ2) is 11.9. The SMILES string of the molecule is CCOc1ccccc1CNC(=NC)NCc1ccc(C)cc1OCCOC. The van der Waals surface area contributed by atoms with Crippen molar-refractivity contribution < 1.29 is 14.2 Å². The van der Waals surface area contributed by atoms with Gasteiger partial charge in [-0.1, -0.05) is 30.3 Å². The van der Waals surface area contributed by atoms with Crippen molar-refractivity contribution in [1.29, 1.82) is 0 Å². The normalized spacial score (nSPS) is 11.2. The van der Waals surface area contributed by atoms with E-state index >= 15 is 0 Å². The first-order valence-electron chi connectivity index (χ1n) is 9.54. The molecule has 2 N–H and O–H groups in total. The van der Waals surface area contributed by atoms with Crippen molar-refractivity contribution in [2.45, 2.75) is 26.9 Å². The van der Waals surface area contributed by atoms with Gasteiger partial charge in [0.2, 0.25) is 0 Å².